The van der Waals surface area contributed by atoms with E-state index >= 15 is 0 Å². The van der Waals surface area contributed by atoms with E-state index in [-0.39, 0.29) is 140 Å². The molecule has 6 rings (SSSR count). The molecule has 0 aromatic carbocycles. The number of carboxylic acids is 3. The first-order chi connectivity index (χ1) is 27.7. The van der Waals surface area contributed by atoms with Gasteiger partial charge in [-0.3, -0.25) is 33.6 Å². The van der Waals surface area contributed by atoms with Crippen LogP contribution in [0.4, 0.5) is 0 Å². The van der Waals surface area contributed by atoms with Crippen LogP contribution in [0.3, 0.4) is 0 Å². The molecule has 0 spiro atoms. The van der Waals surface area contributed by atoms with Crippen molar-refractivity contribution in [3.05, 3.63) is 86.5 Å². The molecule has 4 aromatic rings. The average Bonchev–Trinajstić information content (AvgIpc) is 4.01. The van der Waals surface area contributed by atoms with Crippen molar-refractivity contribution in [2.45, 2.75) is 91.3 Å². The number of rotatable bonds is 17. The molecule has 60 heavy (non-hydrogen) atoms. The van der Waals surface area contributed by atoms with Gasteiger partial charge in [-0.25, -0.2) is 0 Å². The van der Waals surface area contributed by atoms with Crippen molar-refractivity contribution in [2.75, 3.05) is 0 Å². The summed E-state index contributed by atoms with van der Waals surface area (Å²) in [7, 11) is 0. The smallest absolute Gasteiger partial charge is 0.550 e. The SMILES string of the molecule is CCCCC(CC)C(=O)[O-].O=C(O)CCCC(=O)OCc1cc2c(s1)C(=O)c1sccc1C2=O.O=C([O-])CCCC(=O)OCc1cc2c(s1)C(=O)c1sccc1C2=O.[Na+].[Na+]. The molecule has 0 saturated carbocycles. The van der Waals surface area contributed by atoms with Crippen molar-refractivity contribution in [3.63, 3.8) is 0 Å². The number of thiophene rings is 4. The Morgan fingerprint density at radius 2 is 1.08 bits per heavy atom. The molecule has 0 saturated heterocycles. The van der Waals surface area contributed by atoms with E-state index in [4.69, 9.17) is 14.6 Å². The Morgan fingerprint density at radius 1 is 0.633 bits per heavy atom. The number of esters is 2. The Morgan fingerprint density at radius 3 is 1.47 bits per heavy atom. The van der Waals surface area contributed by atoms with E-state index in [1.165, 1.54) is 22.7 Å². The fraction of sp³-hybridized carbons (Fsp3) is 0.375. The summed E-state index contributed by atoms with van der Waals surface area (Å²) in [6.07, 6.45) is 3.60. The molecule has 1 atom stereocenters. The van der Waals surface area contributed by atoms with Crippen LogP contribution in [0.5, 0.6) is 0 Å². The van der Waals surface area contributed by atoms with Crippen LogP contribution in [0.1, 0.15) is 149 Å². The second-order valence-corrected chi connectivity index (χ2v) is 17.0. The minimum atomic E-state index is -1.21. The van der Waals surface area contributed by atoms with Crippen LogP contribution < -0.4 is 69.3 Å². The third-order valence-corrected chi connectivity index (χ3v) is 12.8. The molecule has 0 radical (unpaired) electrons. The maximum absolute atomic E-state index is 12.4. The quantitative estimate of drug-likeness (QED) is 0.0888. The van der Waals surface area contributed by atoms with E-state index in [1.807, 2.05) is 6.92 Å². The number of carbonyl (C=O) groups excluding carboxylic acids is 8. The zero-order valence-electron chi connectivity index (χ0n) is 33.4. The second-order valence-electron chi connectivity index (χ2n) is 12.9. The summed E-state index contributed by atoms with van der Waals surface area (Å²) in [5, 5.41) is 32.6. The van der Waals surface area contributed by atoms with Crippen molar-refractivity contribution in [1.82, 2.24) is 0 Å². The predicted octanol–water partition coefficient (Wildman–Crippen LogP) is -0.608. The molecular formula is C40H38Na2O14S4. The number of carbonyl (C=O) groups is 9. The van der Waals surface area contributed by atoms with E-state index in [1.54, 1.807) is 35.0 Å². The van der Waals surface area contributed by atoms with Crippen molar-refractivity contribution < 1.29 is 127 Å². The molecule has 0 aliphatic heterocycles. The number of ketones is 4. The molecule has 1 unspecified atom stereocenters. The van der Waals surface area contributed by atoms with Gasteiger partial charge in [0.05, 0.1) is 19.5 Å². The summed E-state index contributed by atoms with van der Waals surface area (Å²) in [6.45, 7) is 3.87. The van der Waals surface area contributed by atoms with Gasteiger partial charge in [0.25, 0.3) is 0 Å². The summed E-state index contributed by atoms with van der Waals surface area (Å²) >= 11 is 4.77. The Hall–Kier alpha value is -3.17. The number of aliphatic carboxylic acids is 3. The minimum Gasteiger partial charge on any atom is -0.550 e. The maximum Gasteiger partial charge on any atom is 1.00 e. The third kappa shape index (κ3) is 14.5. The second kappa shape index (κ2) is 25.7. The normalized spacial score (nSPS) is 12.3. The van der Waals surface area contributed by atoms with E-state index in [0.29, 0.717) is 57.9 Å². The summed E-state index contributed by atoms with van der Waals surface area (Å²) in [4.78, 5) is 106. The molecule has 20 heteroatoms. The molecule has 0 bridgehead atoms. The van der Waals surface area contributed by atoms with Crippen LogP contribution in [-0.2, 0) is 46.7 Å². The van der Waals surface area contributed by atoms with E-state index < -0.39 is 29.8 Å². The molecule has 2 aliphatic carbocycles. The Labute approximate surface area is 405 Å². The van der Waals surface area contributed by atoms with E-state index in [9.17, 15) is 53.4 Å². The van der Waals surface area contributed by atoms with E-state index in [0.717, 1.165) is 41.9 Å². The number of fused-ring (bicyclic) bond motifs is 4. The molecule has 0 fully saturated rings. The summed E-state index contributed by atoms with van der Waals surface area (Å²) in [5.74, 6) is -5.03. The summed E-state index contributed by atoms with van der Waals surface area (Å²) < 4.78 is 10.1. The fourth-order valence-corrected chi connectivity index (χ4v) is 9.50. The van der Waals surface area contributed by atoms with E-state index in [2.05, 4.69) is 6.92 Å². The summed E-state index contributed by atoms with van der Waals surface area (Å²) in [5.41, 5.74) is 1.54. The van der Waals surface area contributed by atoms with Crippen molar-refractivity contribution in [1.29, 1.82) is 0 Å². The van der Waals surface area contributed by atoms with Crippen LogP contribution in [0.25, 0.3) is 0 Å². The van der Waals surface area contributed by atoms with Crippen LogP contribution in [0.2, 0.25) is 0 Å². The maximum atomic E-state index is 12.4. The average molecular weight is 917 g/mol. The Bertz CT molecular complexity index is 1980. The van der Waals surface area contributed by atoms with Crippen LogP contribution in [0, 0.1) is 5.92 Å². The zero-order valence-corrected chi connectivity index (χ0v) is 40.7. The van der Waals surface area contributed by atoms with Gasteiger partial charge in [0.15, 0.2) is 11.6 Å². The first-order valence-electron chi connectivity index (χ1n) is 18.2. The third-order valence-electron chi connectivity index (χ3n) is 8.72. The number of hydrogen-bond donors (Lipinski definition) is 1. The number of ether oxygens (including phenoxy) is 2. The van der Waals surface area contributed by atoms with Gasteiger partial charge in [0.1, 0.15) is 13.2 Å². The van der Waals surface area contributed by atoms with Crippen molar-refractivity contribution >= 4 is 98.3 Å². The minimum absolute atomic E-state index is 0. The molecule has 14 nitrogen and oxygen atoms in total. The largest absolute Gasteiger partial charge is 1.00 e. The first kappa shape index (κ1) is 53.0. The standard InChI is InChI=1S/2C16H12O6S2.C8H16O2.2Na/c2*17-11(18)2-1-3-12(19)22-7-8-6-10-13(20)9-4-5-23-15(9)14(21)16(10)24-8;1-3-5-6-7(4-2)8(9)10;;/h2*4-6H,1-3,7H2,(H,17,18);7H,3-6H2,1-2H3,(H,9,10);;/q;;;2*+1/p-2. The van der Waals surface area contributed by atoms with Gasteiger partial charge in [-0.2, -0.15) is 0 Å². The van der Waals surface area contributed by atoms with Gasteiger partial charge in [-0.05, 0) is 73.0 Å². The van der Waals surface area contributed by atoms with Gasteiger partial charge in [-0.1, -0.05) is 26.7 Å². The Balaban J connectivity index is 0.000000330. The van der Waals surface area contributed by atoms with Gasteiger partial charge in [0.2, 0.25) is 11.6 Å². The van der Waals surface area contributed by atoms with Crippen LogP contribution in [0.15, 0.2) is 35.0 Å². The number of hydrogen-bond acceptors (Lipinski definition) is 17. The first-order valence-corrected chi connectivity index (χ1v) is 21.6. The zero-order chi connectivity index (χ0) is 42.5. The van der Waals surface area contributed by atoms with Crippen molar-refractivity contribution in [3.8, 4) is 0 Å². The van der Waals surface area contributed by atoms with Crippen LogP contribution in [-0.4, -0.2) is 58.1 Å². The van der Waals surface area contributed by atoms with Gasteiger partial charge >= 0.3 is 77.0 Å². The van der Waals surface area contributed by atoms with Crippen LogP contribution >= 0.6 is 45.3 Å². The molecule has 1 N–H and O–H groups in total. The molecule has 2 aliphatic rings. The Kier molecular flexibility index (Phi) is 22.7. The van der Waals surface area contributed by atoms with Gasteiger partial charge in [0, 0.05) is 63.2 Å². The molecule has 4 heterocycles. The van der Waals surface area contributed by atoms with Crippen molar-refractivity contribution in [2.24, 2.45) is 5.92 Å². The number of unbranched alkanes of at least 4 members (excludes halogenated alkanes) is 1. The fourth-order valence-electron chi connectivity index (χ4n) is 5.67. The predicted molar refractivity (Wildman–Crippen MR) is 209 cm³/mol. The number of carboxylic acid groups (broad SMARTS) is 3. The van der Waals surface area contributed by atoms with Gasteiger partial charge in [-0.15, -0.1) is 45.3 Å². The monoisotopic (exact) mass is 916 g/mol. The molecular weight excluding hydrogens is 879 g/mol. The van der Waals surface area contributed by atoms with Gasteiger partial charge < -0.3 is 34.4 Å². The summed E-state index contributed by atoms with van der Waals surface area (Å²) in [6, 6.07) is 6.45. The molecule has 4 aromatic heterocycles. The topological polar surface area (TPSA) is 238 Å². The molecule has 308 valence electrons. The molecule has 0 amide bonds.